The van der Waals surface area contributed by atoms with Crippen molar-refractivity contribution in [2.24, 2.45) is 4.14 Å². The predicted octanol–water partition coefficient (Wildman–Crippen LogP) is 3.54. The van der Waals surface area contributed by atoms with Crippen LogP contribution in [0.15, 0.2) is 0 Å². The molecule has 0 amide bonds. The Morgan fingerprint density at radius 3 is 0.905 bits per heavy atom. The molecule has 0 aliphatic rings. The van der Waals surface area contributed by atoms with Crippen molar-refractivity contribution in [3.63, 3.8) is 0 Å². The first-order valence-corrected chi connectivity index (χ1v) is 16.5. The third kappa shape index (κ3) is 3.01. The minimum atomic E-state index is -4.10. The zero-order valence-electron chi connectivity index (χ0n) is 16.1. The van der Waals surface area contributed by atoms with E-state index in [1.807, 2.05) is 0 Å². The Morgan fingerprint density at radius 2 is 0.810 bits per heavy atom. The molecule has 0 aromatic heterocycles. The second-order valence-corrected chi connectivity index (χ2v) is 25.0. The van der Waals surface area contributed by atoms with Crippen LogP contribution in [-0.2, 0) is 16.9 Å². The van der Waals surface area contributed by atoms with Gasteiger partial charge in [-0.3, -0.25) is 0 Å². The van der Waals surface area contributed by atoms with Crippen LogP contribution in [0.25, 0.3) is 0 Å². The number of hydrogen-bond acceptors (Lipinski definition) is 4. The molecule has 21 heavy (non-hydrogen) atoms. The molecule has 0 fully saturated rings. The Kier molecular flexibility index (Phi) is 8.13. The standard InChI is InChI=1S/3C4H10N.C4H9.H2N.Ta/c3*1-3-5-4-2;1-4(2)3;;/h3*3-4H2,1-2H3;1-3H3;1H2;/q3*-1;;-1;+4. The summed E-state index contributed by atoms with van der Waals surface area (Å²) < 4.78 is 15.8. The van der Waals surface area contributed by atoms with Gasteiger partial charge >= 0.3 is 136 Å². The number of rotatable bonds is 9. The van der Waals surface area contributed by atoms with Gasteiger partial charge in [-0.1, -0.05) is 0 Å². The van der Waals surface area contributed by atoms with Gasteiger partial charge in [-0.15, -0.1) is 0 Å². The van der Waals surface area contributed by atoms with Crippen LogP contribution >= 0.6 is 0 Å². The van der Waals surface area contributed by atoms with E-state index in [1.54, 1.807) is 0 Å². The number of nitrogens with two attached hydrogens (primary N) is 1. The summed E-state index contributed by atoms with van der Waals surface area (Å²) in [7, 11) is 0. The molecule has 0 unspecified atom stereocenters. The molecule has 5 heteroatoms. The fourth-order valence-corrected chi connectivity index (χ4v) is 29.2. The third-order valence-corrected chi connectivity index (χ3v) is 32.5. The molecule has 0 aliphatic carbocycles. The molecule has 0 spiro atoms. The van der Waals surface area contributed by atoms with Crippen molar-refractivity contribution in [1.29, 1.82) is 0 Å². The fraction of sp³-hybridized carbons (Fsp3) is 1.00. The molecule has 0 aliphatic heterocycles. The average molecular weight is 470 g/mol. The molecule has 0 saturated heterocycles. The second-order valence-electron chi connectivity index (χ2n) is 6.63. The summed E-state index contributed by atoms with van der Waals surface area (Å²) in [5, 5.41) is 0. The molecule has 2 N–H and O–H groups in total. The van der Waals surface area contributed by atoms with E-state index in [0.717, 1.165) is 39.3 Å². The summed E-state index contributed by atoms with van der Waals surface area (Å²) in [4.78, 5) is 0. The van der Waals surface area contributed by atoms with Gasteiger partial charge in [-0.2, -0.15) is 0 Å². The van der Waals surface area contributed by atoms with Gasteiger partial charge in [0.15, 0.2) is 0 Å². The first-order chi connectivity index (χ1) is 9.64. The van der Waals surface area contributed by atoms with Crippen molar-refractivity contribution in [3.05, 3.63) is 0 Å². The van der Waals surface area contributed by atoms with Gasteiger partial charge < -0.3 is 0 Å². The molecular formula is C16H41N4Ta. The van der Waals surface area contributed by atoms with Gasteiger partial charge in [0.05, 0.1) is 0 Å². The van der Waals surface area contributed by atoms with E-state index in [0.29, 0.717) is 0 Å². The van der Waals surface area contributed by atoms with Crippen molar-refractivity contribution in [3.8, 4) is 0 Å². The summed E-state index contributed by atoms with van der Waals surface area (Å²) in [5.41, 5.74) is 0. The Labute approximate surface area is 136 Å². The Hall–Kier alpha value is 0.580. The molecule has 0 radical (unpaired) electrons. The predicted molar refractivity (Wildman–Crippen MR) is 92.7 cm³/mol. The molecule has 0 heterocycles. The molecular weight excluding hydrogens is 429 g/mol. The van der Waals surface area contributed by atoms with Crippen LogP contribution in [0.2, 0.25) is 3.63 Å². The topological polar surface area (TPSA) is 35.7 Å². The van der Waals surface area contributed by atoms with E-state index >= 15 is 0 Å². The average Bonchev–Trinajstić information content (AvgIpc) is 2.41. The Morgan fingerprint density at radius 1 is 0.619 bits per heavy atom. The van der Waals surface area contributed by atoms with Gasteiger partial charge in [0.1, 0.15) is 0 Å². The van der Waals surface area contributed by atoms with Crippen molar-refractivity contribution >= 4 is 0 Å². The molecule has 0 aromatic carbocycles. The molecule has 0 rings (SSSR count). The fourth-order valence-electron chi connectivity index (χ4n) is 4.15. The van der Waals surface area contributed by atoms with Crippen LogP contribution in [-0.4, -0.2) is 49.2 Å². The summed E-state index contributed by atoms with van der Waals surface area (Å²) >= 11 is -4.10. The SMILES string of the molecule is CC[N](CC)[Ta]([NH2])([N](CC)CC)([N](CC)CC)[C](C)(C)C. The Balaban J connectivity index is 6.63. The molecule has 4 nitrogen and oxygen atoms in total. The van der Waals surface area contributed by atoms with E-state index in [1.165, 1.54) is 0 Å². The number of nitrogens with zero attached hydrogens (tertiary/aromatic N) is 3. The van der Waals surface area contributed by atoms with Crippen molar-refractivity contribution in [1.82, 2.24) is 9.91 Å². The Bertz CT molecular complexity index is 268. The van der Waals surface area contributed by atoms with Gasteiger partial charge in [-0.05, 0) is 0 Å². The maximum absolute atomic E-state index is 7.69. The van der Waals surface area contributed by atoms with E-state index in [2.05, 4.69) is 72.2 Å². The zero-order valence-corrected chi connectivity index (χ0v) is 19.3. The summed E-state index contributed by atoms with van der Waals surface area (Å²) in [6.07, 6.45) is 0. The van der Waals surface area contributed by atoms with E-state index in [4.69, 9.17) is 4.14 Å². The van der Waals surface area contributed by atoms with Crippen LogP contribution in [0.5, 0.6) is 0 Å². The first-order valence-electron chi connectivity index (χ1n) is 8.72. The van der Waals surface area contributed by atoms with Crippen molar-refractivity contribution in [2.45, 2.75) is 65.9 Å². The third-order valence-electron chi connectivity index (χ3n) is 5.15. The van der Waals surface area contributed by atoms with Crippen molar-refractivity contribution in [2.75, 3.05) is 39.3 Å². The van der Waals surface area contributed by atoms with E-state index < -0.39 is 16.9 Å². The minimum absolute atomic E-state index is 0.0929. The molecule has 0 atom stereocenters. The van der Waals surface area contributed by atoms with Gasteiger partial charge in [0.2, 0.25) is 0 Å². The van der Waals surface area contributed by atoms with Crippen LogP contribution in [0.3, 0.4) is 0 Å². The number of hydrogen-bond donors (Lipinski definition) is 1. The molecule has 130 valence electrons. The van der Waals surface area contributed by atoms with Crippen LogP contribution in [0.4, 0.5) is 0 Å². The van der Waals surface area contributed by atoms with Crippen LogP contribution in [0, 0.1) is 0 Å². The maximum atomic E-state index is 7.69. The monoisotopic (exact) mass is 470 g/mol. The molecule has 0 aromatic rings. The summed E-state index contributed by atoms with van der Waals surface area (Å²) in [5.74, 6) is 0. The summed E-state index contributed by atoms with van der Waals surface area (Å²) in [6.45, 7) is 26.9. The van der Waals surface area contributed by atoms with Gasteiger partial charge in [0.25, 0.3) is 0 Å². The first kappa shape index (κ1) is 21.6. The van der Waals surface area contributed by atoms with Crippen molar-refractivity contribution < 1.29 is 16.9 Å². The van der Waals surface area contributed by atoms with Crippen LogP contribution in [0.1, 0.15) is 62.3 Å². The summed E-state index contributed by atoms with van der Waals surface area (Å²) in [6, 6.07) is 0. The molecule has 0 bridgehead atoms. The molecule has 0 saturated carbocycles. The van der Waals surface area contributed by atoms with E-state index in [9.17, 15) is 0 Å². The van der Waals surface area contributed by atoms with E-state index in [-0.39, 0.29) is 3.63 Å². The van der Waals surface area contributed by atoms with Crippen LogP contribution < -0.4 is 4.14 Å². The van der Waals surface area contributed by atoms with Gasteiger partial charge in [0, 0.05) is 0 Å². The second kappa shape index (κ2) is 7.91. The quantitative estimate of drug-likeness (QED) is 0.559. The van der Waals surface area contributed by atoms with Gasteiger partial charge in [-0.25, -0.2) is 0 Å². The zero-order chi connectivity index (χ0) is 16.9. The normalized spacial score (nSPS) is 15.8.